The molecule has 2 heterocycles. The lowest BCUT2D eigenvalue weighted by Gasteiger charge is -2.28. The van der Waals surface area contributed by atoms with Gasteiger partial charge in [-0.15, -0.1) is 11.3 Å². The molecule has 2 nitrogen and oxygen atoms in total. The van der Waals surface area contributed by atoms with Crippen molar-refractivity contribution in [1.29, 1.82) is 0 Å². The second-order valence-electron chi connectivity index (χ2n) is 4.55. The summed E-state index contributed by atoms with van der Waals surface area (Å²) in [5.74, 6) is 0. The minimum absolute atomic E-state index is 0.658. The molecule has 2 aromatic rings. The number of para-hydroxylation sites is 1. The number of hydrogen-bond donors (Lipinski definition) is 0. The van der Waals surface area contributed by atoms with Gasteiger partial charge in [-0.3, -0.25) is 4.90 Å². The van der Waals surface area contributed by atoms with E-state index < -0.39 is 0 Å². The maximum Gasteiger partial charge on any atom is 0.108 e. The first kappa shape index (κ1) is 11.6. The Bertz CT molecular complexity index is 478. The zero-order valence-corrected chi connectivity index (χ0v) is 12.0. The number of thiazole rings is 1. The summed E-state index contributed by atoms with van der Waals surface area (Å²) in [6.07, 6.45) is 2.59. The van der Waals surface area contributed by atoms with Crippen LogP contribution in [-0.2, 0) is 6.54 Å². The maximum absolute atomic E-state index is 4.69. The van der Waals surface area contributed by atoms with Crippen LogP contribution in [0.4, 0.5) is 0 Å². The lowest BCUT2D eigenvalue weighted by atomic mass is 10.1. The van der Waals surface area contributed by atoms with Crippen molar-refractivity contribution in [3.8, 4) is 0 Å². The molecule has 0 bridgehead atoms. The molecule has 0 aliphatic carbocycles. The summed E-state index contributed by atoms with van der Waals surface area (Å²) in [7, 11) is 0. The van der Waals surface area contributed by atoms with Crippen LogP contribution < -0.4 is 0 Å². The lowest BCUT2D eigenvalue weighted by molar-refractivity contribution is 0.227. The Morgan fingerprint density at radius 2 is 2.29 bits per heavy atom. The van der Waals surface area contributed by atoms with Gasteiger partial charge in [0.2, 0.25) is 0 Å². The number of halogens is 1. The first-order valence-corrected chi connectivity index (χ1v) is 7.75. The summed E-state index contributed by atoms with van der Waals surface area (Å²) in [5.41, 5.74) is 1.14. The first-order valence-electron chi connectivity index (χ1n) is 6.02. The number of fused-ring (bicyclic) bond motifs is 1. The summed E-state index contributed by atoms with van der Waals surface area (Å²) >= 11 is 5.54. The number of benzene rings is 1. The van der Waals surface area contributed by atoms with Gasteiger partial charge < -0.3 is 0 Å². The lowest BCUT2D eigenvalue weighted by Crippen LogP contribution is -2.35. The van der Waals surface area contributed by atoms with Gasteiger partial charge in [-0.2, -0.15) is 0 Å². The predicted octanol–water partition coefficient (Wildman–Crippen LogP) is 3.66. The highest BCUT2D eigenvalue weighted by Gasteiger charge is 2.18. The Morgan fingerprint density at radius 1 is 1.41 bits per heavy atom. The Labute approximate surface area is 114 Å². The van der Waals surface area contributed by atoms with E-state index in [1.165, 1.54) is 29.1 Å². The predicted molar refractivity (Wildman–Crippen MR) is 76.8 cm³/mol. The number of rotatable bonds is 2. The van der Waals surface area contributed by atoms with Crippen LogP contribution in [0, 0.1) is 0 Å². The molecule has 0 amide bonds. The molecule has 0 radical (unpaired) electrons. The molecule has 1 fully saturated rings. The third-order valence-corrected chi connectivity index (χ3v) is 4.91. The van der Waals surface area contributed by atoms with Gasteiger partial charge in [-0.05, 0) is 31.5 Å². The van der Waals surface area contributed by atoms with Crippen molar-refractivity contribution < 1.29 is 0 Å². The van der Waals surface area contributed by atoms with E-state index in [1.54, 1.807) is 0 Å². The quantitative estimate of drug-likeness (QED) is 0.787. The molecule has 3 rings (SSSR count). The molecule has 1 saturated heterocycles. The molecule has 17 heavy (non-hydrogen) atoms. The molecule has 0 N–H and O–H groups in total. The van der Waals surface area contributed by atoms with Crippen LogP contribution in [0.3, 0.4) is 0 Å². The second-order valence-corrected chi connectivity index (χ2v) is 6.96. The van der Waals surface area contributed by atoms with E-state index in [0.717, 1.165) is 18.6 Å². The van der Waals surface area contributed by atoms with E-state index in [4.69, 9.17) is 4.98 Å². The van der Waals surface area contributed by atoms with Crippen molar-refractivity contribution >= 4 is 37.5 Å². The van der Waals surface area contributed by atoms with Crippen molar-refractivity contribution in [3.63, 3.8) is 0 Å². The third-order valence-electron chi connectivity index (χ3n) is 3.15. The fourth-order valence-electron chi connectivity index (χ4n) is 2.32. The Balaban J connectivity index is 1.75. The zero-order valence-electron chi connectivity index (χ0n) is 9.60. The van der Waals surface area contributed by atoms with Gasteiger partial charge >= 0.3 is 0 Å². The van der Waals surface area contributed by atoms with E-state index in [0.29, 0.717) is 4.83 Å². The van der Waals surface area contributed by atoms with Gasteiger partial charge in [0.1, 0.15) is 5.01 Å². The molecular weight excluding hydrogens is 296 g/mol. The summed E-state index contributed by atoms with van der Waals surface area (Å²) in [6.45, 7) is 3.36. The standard InChI is InChI=1S/C13H15BrN2S/c14-10-4-3-7-16(8-10)9-13-15-11-5-1-2-6-12(11)17-13/h1-2,5-6,10H,3-4,7-9H2. The van der Waals surface area contributed by atoms with Gasteiger partial charge in [0.25, 0.3) is 0 Å². The topological polar surface area (TPSA) is 16.1 Å². The average molecular weight is 311 g/mol. The first-order chi connectivity index (χ1) is 8.31. The van der Waals surface area contributed by atoms with Crippen molar-refractivity contribution in [2.45, 2.75) is 24.2 Å². The van der Waals surface area contributed by atoms with E-state index in [2.05, 4.69) is 45.1 Å². The van der Waals surface area contributed by atoms with Crippen LogP contribution in [-0.4, -0.2) is 27.8 Å². The maximum atomic E-state index is 4.69. The number of piperidine rings is 1. The monoisotopic (exact) mass is 310 g/mol. The number of hydrogen-bond acceptors (Lipinski definition) is 3. The number of likely N-dealkylation sites (tertiary alicyclic amines) is 1. The highest BCUT2D eigenvalue weighted by atomic mass is 79.9. The van der Waals surface area contributed by atoms with Gasteiger partial charge in [0, 0.05) is 11.4 Å². The molecule has 4 heteroatoms. The molecule has 90 valence electrons. The SMILES string of the molecule is BrC1CCCN(Cc2nc3ccccc3s2)C1. The van der Waals surface area contributed by atoms with Crippen molar-refractivity contribution in [1.82, 2.24) is 9.88 Å². The fourth-order valence-corrected chi connectivity index (χ4v) is 4.06. The van der Waals surface area contributed by atoms with E-state index in [-0.39, 0.29) is 0 Å². The van der Waals surface area contributed by atoms with Gasteiger partial charge in [0.15, 0.2) is 0 Å². The van der Waals surface area contributed by atoms with Crippen molar-refractivity contribution in [2.75, 3.05) is 13.1 Å². The molecule has 1 aromatic carbocycles. The van der Waals surface area contributed by atoms with E-state index in [1.807, 2.05) is 11.3 Å². The summed E-state index contributed by atoms with van der Waals surface area (Å²) in [6, 6.07) is 8.39. The Morgan fingerprint density at radius 3 is 3.12 bits per heavy atom. The third kappa shape index (κ3) is 2.69. The van der Waals surface area contributed by atoms with Gasteiger partial charge in [-0.25, -0.2) is 4.98 Å². The van der Waals surface area contributed by atoms with Gasteiger partial charge in [-0.1, -0.05) is 28.1 Å². The molecule has 0 saturated carbocycles. The average Bonchev–Trinajstić information content (AvgIpc) is 2.71. The fraction of sp³-hybridized carbons (Fsp3) is 0.462. The van der Waals surface area contributed by atoms with E-state index >= 15 is 0 Å². The normalized spacial score (nSPS) is 22.1. The van der Waals surface area contributed by atoms with Crippen LogP contribution in [0.15, 0.2) is 24.3 Å². The largest absolute Gasteiger partial charge is 0.296 e. The summed E-state index contributed by atoms with van der Waals surface area (Å²) in [4.78, 5) is 7.85. The minimum Gasteiger partial charge on any atom is -0.296 e. The van der Waals surface area contributed by atoms with Crippen LogP contribution >= 0.6 is 27.3 Å². The zero-order chi connectivity index (χ0) is 11.7. The minimum atomic E-state index is 0.658. The van der Waals surface area contributed by atoms with Crippen LogP contribution in [0.1, 0.15) is 17.8 Å². The highest BCUT2D eigenvalue weighted by molar-refractivity contribution is 9.09. The summed E-state index contributed by atoms with van der Waals surface area (Å²) < 4.78 is 1.30. The molecule has 1 unspecified atom stereocenters. The molecule has 0 spiro atoms. The van der Waals surface area contributed by atoms with Gasteiger partial charge in [0.05, 0.1) is 16.8 Å². The Kier molecular flexibility index (Phi) is 3.45. The van der Waals surface area contributed by atoms with Crippen LogP contribution in [0.5, 0.6) is 0 Å². The van der Waals surface area contributed by atoms with Crippen molar-refractivity contribution in [3.05, 3.63) is 29.3 Å². The highest BCUT2D eigenvalue weighted by Crippen LogP contribution is 2.24. The smallest absolute Gasteiger partial charge is 0.108 e. The second kappa shape index (κ2) is 5.04. The number of nitrogens with zero attached hydrogens (tertiary/aromatic N) is 2. The molecule has 1 aromatic heterocycles. The van der Waals surface area contributed by atoms with Crippen molar-refractivity contribution in [2.24, 2.45) is 0 Å². The Hall–Kier alpha value is -0.450. The number of alkyl halides is 1. The van der Waals surface area contributed by atoms with Crippen LogP contribution in [0.25, 0.3) is 10.2 Å². The number of aromatic nitrogens is 1. The van der Waals surface area contributed by atoms with E-state index in [9.17, 15) is 0 Å². The van der Waals surface area contributed by atoms with Crippen LogP contribution in [0.2, 0.25) is 0 Å². The molecule has 1 aliphatic heterocycles. The summed E-state index contributed by atoms with van der Waals surface area (Å²) in [5, 5.41) is 1.24. The molecule has 1 aliphatic rings. The molecular formula is C13H15BrN2S. The molecule has 1 atom stereocenters.